The summed E-state index contributed by atoms with van der Waals surface area (Å²) < 4.78 is 0. The lowest BCUT2D eigenvalue weighted by atomic mass is 10.1. The largest absolute Gasteiger partial charge is 0.385 e. The van der Waals surface area contributed by atoms with Gasteiger partial charge in [0.1, 0.15) is 0 Å². The summed E-state index contributed by atoms with van der Waals surface area (Å²) in [6, 6.07) is 5.68. The average Bonchev–Trinajstić information content (AvgIpc) is 2.75. The third kappa shape index (κ3) is 3.94. The number of hydrogen-bond donors (Lipinski definition) is 1. The Labute approximate surface area is 126 Å². The SMILES string of the molecule is CCCNc1ccc([N+](=O)[O-])cc1CN1CC(C)CC1C. The molecule has 116 valence electrons. The van der Waals surface area contributed by atoms with Gasteiger partial charge in [0, 0.05) is 43.5 Å². The molecule has 21 heavy (non-hydrogen) atoms. The first-order chi connectivity index (χ1) is 10.0. The summed E-state index contributed by atoms with van der Waals surface area (Å²) in [6.45, 7) is 9.34. The zero-order valence-electron chi connectivity index (χ0n) is 13.1. The van der Waals surface area contributed by atoms with Crippen LogP contribution in [0.25, 0.3) is 0 Å². The van der Waals surface area contributed by atoms with Crippen molar-refractivity contribution >= 4 is 11.4 Å². The van der Waals surface area contributed by atoms with Gasteiger partial charge in [-0.1, -0.05) is 13.8 Å². The van der Waals surface area contributed by atoms with Gasteiger partial charge in [-0.15, -0.1) is 0 Å². The molecule has 1 aliphatic heterocycles. The molecule has 0 bridgehead atoms. The monoisotopic (exact) mass is 291 g/mol. The number of rotatable bonds is 6. The van der Waals surface area contributed by atoms with Crippen LogP contribution in [0.5, 0.6) is 0 Å². The Bertz CT molecular complexity index is 504. The number of nitrogens with zero attached hydrogens (tertiary/aromatic N) is 2. The number of benzene rings is 1. The van der Waals surface area contributed by atoms with Crippen LogP contribution in [0.2, 0.25) is 0 Å². The van der Waals surface area contributed by atoms with Gasteiger partial charge in [0.15, 0.2) is 0 Å². The van der Waals surface area contributed by atoms with E-state index in [2.05, 4.69) is 31.0 Å². The molecule has 1 aliphatic rings. The molecule has 1 saturated heterocycles. The van der Waals surface area contributed by atoms with Gasteiger partial charge in [0.2, 0.25) is 0 Å². The maximum absolute atomic E-state index is 11.0. The molecule has 2 unspecified atom stereocenters. The molecule has 0 spiro atoms. The molecule has 1 aromatic rings. The van der Waals surface area contributed by atoms with Gasteiger partial charge in [-0.05, 0) is 37.3 Å². The van der Waals surface area contributed by atoms with Crippen molar-refractivity contribution in [2.45, 2.75) is 46.2 Å². The van der Waals surface area contributed by atoms with Crippen molar-refractivity contribution in [2.75, 3.05) is 18.4 Å². The summed E-state index contributed by atoms with van der Waals surface area (Å²) in [6.07, 6.45) is 2.24. The van der Waals surface area contributed by atoms with Gasteiger partial charge in [-0.2, -0.15) is 0 Å². The Kier molecular flexibility index (Phi) is 5.17. The molecule has 1 N–H and O–H groups in total. The van der Waals surface area contributed by atoms with Crippen molar-refractivity contribution in [1.82, 2.24) is 4.90 Å². The predicted molar refractivity (Wildman–Crippen MR) is 85.5 cm³/mol. The highest BCUT2D eigenvalue weighted by molar-refractivity contribution is 5.56. The molecular weight excluding hydrogens is 266 g/mol. The van der Waals surface area contributed by atoms with E-state index >= 15 is 0 Å². The Morgan fingerprint density at radius 2 is 2.19 bits per heavy atom. The van der Waals surface area contributed by atoms with Gasteiger partial charge in [-0.3, -0.25) is 15.0 Å². The van der Waals surface area contributed by atoms with E-state index in [1.165, 1.54) is 6.42 Å². The van der Waals surface area contributed by atoms with E-state index in [1.807, 2.05) is 6.07 Å². The topological polar surface area (TPSA) is 58.4 Å². The fraction of sp³-hybridized carbons (Fsp3) is 0.625. The third-order valence-electron chi connectivity index (χ3n) is 4.15. The number of hydrogen-bond acceptors (Lipinski definition) is 4. The molecule has 1 aromatic carbocycles. The molecule has 2 atom stereocenters. The maximum Gasteiger partial charge on any atom is 0.269 e. The number of nitrogens with one attached hydrogen (secondary N) is 1. The van der Waals surface area contributed by atoms with Gasteiger partial charge < -0.3 is 5.32 Å². The minimum absolute atomic E-state index is 0.173. The Morgan fingerprint density at radius 1 is 1.43 bits per heavy atom. The van der Waals surface area contributed by atoms with Crippen LogP contribution in [0, 0.1) is 16.0 Å². The van der Waals surface area contributed by atoms with Crippen LogP contribution in [0.15, 0.2) is 18.2 Å². The number of nitro groups is 1. The molecule has 0 saturated carbocycles. The molecule has 0 amide bonds. The van der Waals surface area contributed by atoms with E-state index in [1.54, 1.807) is 12.1 Å². The first kappa shape index (κ1) is 15.8. The third-order valence-corrected chi connectivity index (χ3v) is 4.15. The number of nitro benzene ring substituents is 1. The van der Waals surface area contributed by atoms with E-state index < -0.39 is 0 Å². The Morgan fingerprint density at radius 3 is 2.76 bits per heavy atom. The molecular formula is C16H25N3O2. The minimum Gasteiger partial charge on any atom is -0.385 e. The predicted octanol–water partition coefficient (Wildman–Crippen LogP) is 3.65. The first-order valence-electron chi connectivity index (χ1n) is 7.76. The Hall–Kier alpha value is -1.62. The number of non-ortho nitro benzene ring substituents is 1. The highest BCUT2D eigenvalue weighted by Crippen LogP contribution is 2.28. The fourth-order valence-corrected chi connectivity index (χ4v) is 3.08. The lowest BCUT2D eigenvalue weighted by Gasteiger charge is -2.22. The number of likely N-dealkylation sites (tertiary alicyclic amines) is 1. The summed E-state index contributed by atoms with van der Waals surface area (Å²) in [7, 11) is 0. The molecule has 5 nitrogen and oxygen atoms in total. The highest BCUT2D eigenvalue weighted by Gasteiger charge is 2.26. The van der Waals surface area contributed by atoms with Crippen molar-refractivity contribution in [3.63, 3.8) is 0 Å². The Balaban J connectivity index is 2.21. The normalized spacial score (nSPS) is 22.4. The maximum atomic E-state index is 11.0. The second-order valence-corrected chi connectivity index (χ2v) is 6.14. The van der Waals surface area contributed by atoms with Crippen LogP contribution in [0.4, 0.5) is 11.4 Å². The van der Waals surface area contributed by atoms with Gasteiger partial charge in [-0.25, -0.2) is 0 Å². The lowest BCUT2D eigenvalue weighted by Crippen LogP contribution is -2.27. The van der Waals surface area contributed by atoms with Crippen molar-refractivity contribution < 1.29 is 4.92 Å². The lowest BCUT2D eigenvalue weighted by molar-refractivity contribution is -0.384. The van der Waals surface area contributed by atoms with Crippen LogP contribution in [-0.4, -0.2) is 29.0 Å². The van der Waals surface area contributed by atoms with Crippen LogP contribution < -0.4 is 5.32 Å². The van der Waals surface area contributed by atoms with Crippen LogP contribution in [0.3, 0.4) is 0 Å². The quantitative estimate of drug-likeness (QED) is 0.642. The van der Waals surface area contributed by atoms with Gasteiger partial charge >= 0.3 is 0 Å². The molecule has 1 fully saturated rings. The zero-order chi connectivity index (χ0) is 15.4. The first-order valence-corrected chi connectivity index (χ1v) is 7.76. The fourth-order valence-electron chi connectivity index (χ4n) is 3.08. The number of anilines is 1. The van der Waals surface area contributed by atoms with Crippen molar-refractivity contribution in [3.8, 4) is 0 Å². The second-order valence-electron chi connectivity index (χ2n) is 6.14. The molecule has 1 heterocycles. The molecule has 2 rings (SSSR count). The summed E-state index contributed by atoms with van der Waals surface area (Å²) in [5.74, 6) is 0.700. The molecule has 0 aromatic heterocycles. The van der Waals surface area contributed by atoms with E-state index in [-0.39, 0.29) is 10.6 Å². The second kappa shape index (κ2) is 6.89. The van der Waals surface area contributed by atoms with E-state index in [0.717, 1.165) is 37.3 Å². The smallest absolute Gasteiger partial charge is 0.269 e. The summed E-state index contributed by atoms with van der Waals surface area (Å²) in [5, 5.41) is 14.4. The highest BCUT2D eigenvalue weighted by atomic mass is 16.6. The van der Waals surface area contributed by atoms with Crippen molar-refractivity contribution in [3.05, 3.63) is 33.9 Å². The average molecular weight is 291 g/mol. The summed E-state index contributed by atoms with van der Waals surface area (Å²) >= 11 is 0. The van der Waals surface area contributed by atoms with Crippen LogP contribution >= 0.6 is 0 Å². The molecule has 0 radical (unpaired) electrons. The van der Waals surface area contributed by atoms with E-state index in [9.17, 15) is 10.1 Å². The van der Waals surface area contributed by atoms with Gasteiger partial charge in [0.25, 0.3) is 5.69 Å². The van der Waals surface area contributed by atoms with E-state index in [0.29, 0.717) is 12.0 Å². The van der Waals surface area contributed by atoms with Crippen molar-refractivity contribution in [1.29, 1.82) is 0 Å². The van der Waals surface area contributed by atoms with Crippen molar-refractivity contribution in [2.24, 2.45) is 5.92 Å². The standard InChI is InChI=1S/C16H25N3O2/c1-4-7-17-16-6-5-15(19(20)21)9-14(16)11-18-10-12(2)8-13(18)3/h5-6,9,12-13,17H,4,7-8,10-11H2,1-3H3. The molecule has 0 aliphatic carbocycles. The van der Waals surface area contributed by atoms with Crippen LogP contribution in [0.1, 0.15) is 39.2 Å². The minimum atomic E-state index is -0.316. The summed E-state index contributed by atoms with van der Waals surface area (Å²) in [4.78, 5) is 13.1. The summed E-state index contributed by atoms with van der Waals surface area (Å²) in [5.41, 5.74) is 2.22. The molecule has 5 heteroatoms. The van der Waals surface area contributed by atoms with E-state index in [4.69, 9.17) is 0 Å². The van der Waals surface area contributed by atoms with Gasteiger partial charge in [0.05, 0.1) is 4.92 Å². The zero-order valence-corrected chi connectivity index (χ0v) is 13.1. The van der Waals surface area contributed by atoms with Crippen LogP contribution in [-0.2, 0) is 6.54 Å².